The number of aliphatic hydroxyl groups excluding tert-OH is 1. The number of aliphatic imine (C=N–C) groups is 1. The average Bonchev–Trinajstić information content (AvgIpc) is 2.70. The fourth-order valence-corrected chi connectivity index (χ4v) is 4.43. The largest absolute Gasteiger partial charge is 0.465 e. The van der Waals surface area contributed by atoms with Crippen molar-refractivity contribution in [2.75, 3.05) is 25.9 Å². The first-order chi connectivity index (χ1) is 14.3. The Hall–Kier alpha value is -2.04. The number of amidine groups is 1. The van der Waals surface area contributed by atoms with Gasteiger partial charge in [0.1, 0.15) is 5.82 Å². The van der Waals surface area contributed by atoms with Gasteiger partial charge in [0.05, 0.1) is 24.6 Å². The Labute approximate surface area is 183 Å². The Morgan fingerprint density at radius 3 is 2.67 bits per heavy atom. The number of hydrogen-bond acceptors (Lipinski definition) is 5. The number of nitrogens with one attached hydrogen (secondary N) is 1. The summed E-state index contributed by atoms with van der Waals surface area (Å²) in [6.07, 6.45) is 1.51. The van der Waals surface area contributed by atoms with Crippen LogP contribution in [0.1, 0.15) is 30.7 Å². The van der Waals surface area contributed by atoms with E-state index >= 15 is 0 Å². The number of likely N-dealkylation sites (tertiary alicyclic amines) is 1. The lowest BCUT2D eigenvalue weighted by atomic mass is 9.89. The molecule has 3 N–H and O–H groups in total. The van der Waals surface area contributed by atoms with Crippen molar-refractivity contribution in [3.63, 3.8) is 0 Å². The fourth-order valence-electron chi connectivity index (χ4n) is 3.68. The molecule has 0 radical (unpaired) electrons. The summed E-state index contributed by atoms with van der Waals surface area (Å²) >= 11 is 7.46. The highest BCUT2D eigenvalue weighted by Gasteiger charge is 2.36. The molecule has 2 amide bonds. The van der Waals surface area contributed by atoms with Gasteiger partial charge in [-0.2, -0.15) is 0 Å². The molecule has 2 aliphatic rings. The number of halogens is 2. The van der Waals surface area contributed by atoms with Gasteiger partial charge < -0.3 is 15.1 Å². The standard InChI is InChI=1S/C19H24ClFN4O4S/c1-30-18(22-12-4-6-24(7-5-12)19(28)29)23-25-10-13(26)9-15(17(25)27)14-3-2-11(21)8-16(14)20/h2-3,8,12-13,15,26H,4-7,9-10H2,1H3,(H,22,23)(H,28,29)/t13-,15-/m1/s1. The van der Waals surface area contributed by atoms with E-state index in [0.29, 0.717) is 36.7 Å². The molecule has 164 valence electrons. The van der Waals surface area contributed by atoms with E-state index in [0.717, 1.165) is 6.07 Å². The van der Waals surface area contributed by atoms with E-state index in [9.17, 15) is 19.1 Å². The third kappa shape index (κ3) is 5.35. The van der Waals surface area contributed by atoms with E-state index in [2.05, 4.69) is 10.4 Å². The van der Waals surface area contributed by atoms with Crippen LogP contribution < -0.4 is 5.43 Å². The minimum Gasteiger partial charge on any atom is -0.465 e. The highest BCUT2D eigenvalue weighted by atomic mass is 35.5. The van der Waals surface area contributed by atoms with Crippen LogP contribution in [-0.2, 0) is 4.79 Å². The molecule has 1 aromatic rings. The summed E-state index contributed by atoms with van der Waals surface area (Å²) in [6, 6.07) is 3.81. The number of carbonyl (C=O) groups excluding carboxylic acids is 1. The van der Waals surface area contributed by atoms with Gasteiger partial charge in [-0.1, -0.05) is 29.4 Å². The molecule has 0 unspecified atom stereocenters. The third-order valence-electron chi connectivity index (χ3n) is 5.26. The van der Waals surface area contributed by atoms with Crippen molar-refractivity contribution in [1.82, 2.24) is 15.3 Å². The Bertz CT molecular complexity index is 835. The lowest BCUT2D eigenvalue weighted by Crippen LogP contribution is -2.54. The molecule has 2 atom stereocenters. The maximum Gasteiger partial charge on any atom is 0.407 e. The van der Waals surface area contributed by atoms with Crippen LogP contribution >= 0.6 is 23.4 Å². The molecule has 11 heteroatoms. The number of carboxylic acid groups (broad SMARTS) is 1. The van der Waals surface area contributed by atoms with Crippen molar-refractivity contribution in [2.24, 2.45) is 4.99 Å². The predicted molar refractivity (Wildman–Crippen MR) is 113 cm³/mol. The second-order valence-corrected chi connectivity index (χ2v) is 8.51. The van der Waals surface area contributed by atoms with Gasteiger partial charge in [0.15, 0.2) is 5.17 Å². The van der Waals surface area contributed by atoms with Crippen LogP contribution in [0, 0.1) is 5.82 Å². The van der Waals surface area contributed by atoms with E-state index in [1.165, 1.54) is 33.8 Å². The molecule has 2 saturated heterocycles. The predicted octanol–water partition coefficient (Wildman–Crippen LogP) is 2.52. The van der Waals surface area contributed by atoms with Gasteiger partial charge in [0, 0.05) is 18.1 Å². The van der Waals surface area contributed by atoms with Crippen molar-refractivity contribution < 1.29 is 24.2 Å². The SMILES string of the molecule is CSC(=NC1CCN(C(=O)O)CC1)NN1C[C@H](O)C[C@H](c2ccc(F)cc2Cl)C1=O. The van der Waals surface area contributed by atoms with Crippen molar-refractivity contribution in [3.05, 3.63) is 34.6 Å². The molecule has 1 aromatic carbocycles. The van der Waals surface area contributed by atoms with Gasteiger partial charge >= 0.3 is 6.09 Å². The van der Waals surface area contributed by atoms with E-state index in [-0.39, 0.29) is 29.9 Å². The summed E-state index contributed by atoms with van der Waals surface area (Å²) in [5.41, 5.74) is 3.46. The van der Waals surface area contributed by atoms with Gasteiger partial charge in [0.25, 0.3) is 0 Å². The molecule has 0 saturated carbocycles. The highest BCUT2D eigenvalue weighted by Crippen LogP contribution is 2.33. The molecule has 2 fully saturated rings. The van der Waals surface area contributed by atoms with Gasteiger partial charge in [0.2, 0.25) is 5.91 Å². The molecule has 3 rings (SSSR count). The number of amides is 2. The number of nitrogens with zero attached hydrogens (tertiary/aromatic N) is 3. The average molecular weight is 459 g/mol. The van der Waals surface area contributed by atoms with Gasteiger partial charge in [-0.25, -0.2) is 9.18 Å². The van der Waals surface area contributed by atoms with E-state index in [1.807, 2.05) is 6.26 Å². The second-order valence-electron chi connectivity index (χ2n) is 7.31. The van der Waals surface area contributed by atoms with Gasteiger partial charge in [-0.15, -0.1) is 0 Å². The van der Waals surface area contributed by atoms with E-state index < -0.39 is 23.9 Å². The lowest BCUT2D eigenvalue weighted by molar-refractivity contribution is -0.141. The fraction of sp³-hybridized carbons (Fsp3) is 0.526. The van der Waals surface area contributed by atoms with Crippen molar-refractivity contribution in [1.29, 1.82) is 0 Å². The van der Waals surface area contributed by atoms with Crippen LogP contribution in [0.4, 0.5) is 9.18 Å². The Morgan fingerprint density at radius 2 is 2.07 bits per heavy atom. The molecule has 8 nitrogen and oxygen atoms in total. The molecule has 0 spiro atoms. The number of β-amino-alcohol motifs (C(OH)–C–C–N with tert-alkyl or cyclic N) is 1. The Morgan fingerprint density at radius 1 is 1.37 bits per heavy atom. The Kier molecular flexibility index (Phi) is 7.43. The zero-order valence-corrected chi connectivity index (χ0v) is 18.0. The number of thioether (sulfide) groups is 1. The molecular weight excluding hydrogens is 435 g/mol. The number of benzene rings is 1. The first kappa shape index (κ1) is 22.6. The van der Waals surface area contributed by atoms with Crippen molar-refractivity contribution >= 4 is 40.5 Å². The zero-order valence-electron chi connectivity index (χ0n) is 16.4. The molecule has 30 heavy (non-hydrogen) atoms. The van der Waals surface area contributed by atoms with Crippen molar-refractivity contribution in [3.8, 4) is 0 Å². The molecule has 2 heterocycles. The number of piperidine rings is 2. The first-order valence-corrected chi connectivity index (χ1v) is 11.2. The third-order valence-corrected chi connectivity index (χ3v) is 6.17. The number of hydrazine groups is 1. The summed E-state index contributed by atoms with van der Waals surface area (Å²) in [5, 5.41) is 21.3. The zero-order chi connectivity index (χ0) is 21.8. The Balaban J connectivity index is 1.70. The highest BCUT2D eigenvalue weighted by molar-refractivity contribution is 8.13. The monoisotopic (exact) mass is 458 g/mol. The number of aliphatic hydroxyl groups is 1. The number of carbonyl (C=O) groups is 2. The van der Waals surface area contributed by atoms with Crippen LogP contribution in [0.15, 0.2) is 23.2 Å². The number of rotatable bonds is 3. The summed E-state index contributed by atoms with van der Waals surface area (Å²) < 4.78 is 13.4. The minimum absolute atomic E-state index is 0.0530. The van der Waals surface area contributed by atoms with Crippen LogP contribution in [-0.4, -0.2) is 75.3 Å². The first-order valence-electron chi connectivity index (χ1n) is 9.59. The smallest absolute Gasteiger partial charge is 0.407 e. The normalized spacial score (nSPS) is 23.6. The summed E-state index contributed by atoms with van der Waals surface area (Å²) in [7, 11) is 0. The maximum absolute atomic E-state index is 13.4. The maximum atomic E-state index is 13.4. The summed E-state index contributed by atoms with van der Waals surface area (Å²) in [6.45, 7) is 0.917. The molecule has 0 aromatic heterocycles. The molecule has 2 aliphatic heterocycles. The van der Waals surface area contributed by atoms with Gasteiger partial charge in [-0.3, -0.25) is 20.2 Å². The number of hydrogen-bond donors (Lipinski definition) is 3. The van der Waals surface area contributed by atoms with E-state index in [1.54, 1.807) is 0 Å². The molecule has 0 aliphatic carbocycles. The quantitative estimate of drug-likeness (QED) is 0.475. The molecule has 0 bridgehead atoms. The van der Waals surface area contributed by atoms with Crippen LogP contribution in [0.5, 0.6) is 0 Å². The van der Waals surface area contributed by atoms with Crippen LogP contribution in [0.3, 0.4) is 0 Å². The van der Waals surface area contributed by atoms with Crippen molar-refractivity contribution in [2.45, 2.75) is 37.3 Å². The van der Waals surface area contributed by atoms with Crippen LogP contribution in [0.25, 0.3) is 0 Å². The topological polar surface area (TPSA) is 105 Å². The summed E-state index contributed by atoms with van der Waals surface area (Å²) in [4.78, 5) is 30.1. The van der Waals surface area contributed by atoms with Gasteiger partial charge in [-0.05, 0) is 43.2 Å². The second kappa shape index (κ2) is 9.84. The van der Waals surface area contributed by atoms with E-state index in [4.69, 9.17) is 16.7 Å². The minimum atomic E-state index is -0.931. The van der Waals surface area contributed by atoms with Crippen LogP contribution in [0.2, 0.25) is 5.02 Å². The lowest BCUT2D eigenvalue weighted by Gasteiger charge is -2.36. The summed E-state index contributed by atoms with van der Waals surface area (Å²) in [5.74, 6) is -1.47. The molecular formula is C19H24ClFN4O4S.